The number of thioether (sulfide) groups is 1. The predicted octanol–water partition coefficient (Wildman–Crippen LogP) is 7.87. The molecule has 2 atom stereocenters. The fourth-order valence-corrected chi connectivity index (χ4v) is 5.23. The average Bonchev–Trinajstić information content (AvgIpc) is 2.72. The van der Waals surface area contributed by atoms with Crippen molar-refractivity contribution in [3.05, 3.63) is 0 Å². The second-order valence-corrected chi connectivity index (χ2v) is 10.3. The molecule has 0 aromatic carbocycles. The van der Waals surface area contributed by atoms with E-state index in [0.29, 0.717) is 18.3 Å². The van der Waals surface area contributed by atoms with Crippen molar-refractivity contribution in [2.24, 2.45) is 0 Å². The zero-order valence-corrected chi connectivity index (χ0v) is 21.4. The third kappa shape index (κ3) is 21.5. The van der Waals surface area contributed by atoms with Gasteiger partial charge in [0.25, 0.3) is 0 Å². The molecule has 2 unspecified atom stereocenters. The summed E-state index contributed by atoms with van der Waals surface area (Å²) in [4.78, 5) is 0. The fraction of sp³-hybridized carbons (Fsp3) is 1.00. The second-order valence-electron chi connectivity index (χ2n) is 8.99. The maximum absolute atomic E-state index is 9.02. The van der Waals surface area contributed by atoms with Crippen molar-refractivity contribution in [1.29, 1.82) is 0 Å². The van der Waals surface area contributed by atoms with Crippen molar-refractivity contribution in [2.45, 2.75) is 154 Å². The fourth-order valence-electron chi connectivity index (χ4n) is 3.87. The molecule has 0 aromatic heterocycles. The number of unbranched alkanes of at least 4 members (excludes halogenated alkanes) is 14. The Morgan fingerprint density at radius 1 is 0.633 bits per heavy atom. The van der Waals surface area contributed by atoms with E-state index < -0.39 is 6.29 Å². The van der Waals surface area contributed by atoms with Crippen molar-refractivity contribution < 1.29 is 14.9 Å². The number of aliphatic hydroxyl groups excluding tert-OH is 1. The first-order valence-corrected chi connectivity index (χ1v) is 14.3. The van der Waals surface area contributed by atoms with E-state index in [1.54, 1.807) is 0 Å². The average molecular weight is 447 g/mol. The summed E-state index contributed by atoms with van der Waals surface area (Å²) in [5, 5.41) is 18.6. The lowest BCUT2D eigenvalue weighted by Crippen LogP contribution is -2.25. The van der Waals surface area contributed by atoms with Gasteiger partial charge in [0, 0.05) is 11.7 Å². The molecule has 0 aromatic rings. The SMILES string of the molecule is CCCCCCCCCCCCCSC(CCCCCCC)C(C)OCCC(O)O. The van der Waals surface area contributed by atoms with Gasteiger partial charge in [-0.25, -0.2) is 0 Å². The predicted molar refractivity (Wildman–Crippen MR) is 134 cm³/mol. The number of hydrogen-bond acceptors (Lipinski definition) is 4. The van der Waals surface area contributed by atoms with Gasteiger partial charge in [0.05, 0.1) is 12.7 Å². The normalized spacial score (nSPS) is 13.8. The highest BCUT2D eigenvalue weighted by Crippen LogP contribution is 2.25. The lowest BCUT2D eigenvalue weighted by Gasteiger charge is -2.24. The molecule has 0 radical (unpaired) electrons. The molecular formula is C26H54O3S. The first-order chi connectivity index (χ1) is 14.6. The number of aliphatic hydroxyl groups is 2. The minimum Gasteiger partial charge on any atom is -0.377 e. The van der Waals surface area contributed by atoms with Crippen molar-refractivity contribution in [3.8, 4) is 0 Å². The molecule has 0 bridgehead atoms. The zero-order valence-electron chi connectivity index (χ0n) is 20.6. The van der Waals surface area contributed by atoms with Gasteiger partial charge in [-0.3, -0.25) is 0 Å². The molecule has 30 heavy (non-hydrogen) atoms. The van der Waals surface area contributed by atoms with Gasteiger partial charge in [-0.1, -0.05) is 110 Å². The number of ether oxygens (including phenoxy) is 1. The minimum absolute atomic E-state index is 0.188. The minimum atomic E-state index is -1.26. The molecule has 0 saturated heterocycles. The van der Waals surface area contributed by atoms with E-state index >= 15 is 0 Å². The summed E-state index contributed by atoms with van der Waals surface area (Å²) >= 11 is 2.08. The van der Waals surface area contributed by atoms with Crippen molar-refractivity contribution in [2.75, 3.05) is 12.4 Å². The largest absolute Gasteiger partial charge is 0.377 e. The maximum Gasteiger partial charge on any atom is 0.153 e. The van der Waals surface area contributed by atoms with Crippen LogP contribution in [0, 0.1) is 0 Å². The standard InChI is InChI=1S/C26H54O3S/c1-4-6-8-10-11-12-13-14-15-17-19-23-30-25(20-18-16-9-7-5-2)24(3)29-22-21-26(27)28/h24-28H,4-23H2,1-3H3. The Morgan fingerprint density at radius 2 is 1.10 bits per heavy atom. The summed E-state index contributed by atoms with van der Waals surface area (Å²) in [5.41, 5.74) is 0. The summed E-state index contributed by atoms with van der Waals surface area (Å²) < 4.78 is 5.91. The van der Waals surface area contributed by atoms with E-state index in [9.17, 15) is 0 Å². The quantitative estimate of drug-likeness (QED) is 0.117. The first-order valence-electron chi connectivity index (χ1n) is 13.2. The molecule has 0 aliphatic carbocycles. The van der Waals surface area contributed by atoms with E-state index in [1.807, 2.05) is 0 Å². The second kappa shape index (κ2) is 23.9. The summed E-state index contributed by atoms with van der Waals surface area (Å²) in [6.45, 7) is 7.14. The number of rotatable bonds is 24. The Labute approximate surface area is 193 Å². The molecule has 0 fully saturated rings. The third-order valence-electron chi connectivity index (χ3n) is 5.95. The molecule has 3 nitrogen and oxygen atoms in total. The van der Waals surface area contributed by atoms with Gasteiger partial charge < -0.3 is 14.9 Å². The van der Waals surface area contributed by atoms with Crippen LogP contribution in [0.15, 0.2) is 0 Å². The Kier molecular flexibility index (Phi) is 24.1. The lowest BCUT2D eigenvalue weighted by atomic mass is 10.1. The van der Waals surface area contributed by atoms with Crippen LogP contribution in [-0.4, -0.2) is 40.2 Å². The van der Waals surface area contributed by atoms with E-state index in [4.69, 9.17) is 14.9 Å². The third-order valence-corrected chi connectivity index (χ3v) is 7.52. The Bertz CT molecular complexity index is 325. The molecular weight excluding hydrogens is 392 g/mol. The lowest BCUT2D eigenvalue weighted by molar-refractivity contribution is -0.0680. The molecule has 0 rings (SSSR count). The monoisotopic (exact) mass is 446 g/mol. The van der Waals surface area contributed by atoms with Gasteiger partial charge in [0.1, 0.15) is 0 Å². The van der Waals surface area contributed by atoms with Gasteiger partial charge >= 0.3 is 0 Å². The Morgan fingerprint density at radius 3 is 1.60 bits per heavy atom. The maximum atomic E-state index is 9.02. The van der Waals surface area contributed by atoms with Gasteiger partial charge in [-0.15, -0.1) is 0 Å². The zero-order chi connectivity index (χ0) is 22.3. The van der Waals surface area contributed by atoms with E-state index in [2.05, 4.69) is 32.5 Å². The van der Waals surface area contributed by atoms with Crippen LogP contribution in [0.4, 0.5) is 0 Å². The van der Waals surface area contributed by atoms with Gasteiger partial charge in [0.2, 0.25) is 0 Å². The molecule has 0 spiro atoms. The van der Waals surface area contributed by atoms with Crippen molar-refractivity contribution in [3.63, 3.8) is 0 Å². The van der Waals surface area contributed by atoms with E-state index in [-0.39, 0.29) is 6.10 Å². The van der Waals surface area contributed by atoms with Crippen molar-refractivity contribution >= 4 is 11.8 Å². The van der Waals surface area contributed by atoms with Crippen LogP contribution >= 0.6 is 11.8 Å². The first kappa shape index (κ1) is 30.2. The van der Waals surface area contributed by atoms with E-state index in [0.717, 1.165) is 0 Å². The Hall–Kier alpha value is 0.230. The van der Waals surface area contributed by atoms with Crippen LogP contribution in [0.1, 0.15) is 136 Å². The van der Waals surface area contributed by atoms with Crippen LogP contribution in [0.3, 0.4) is 0 Å². The molecule has 4 heteroatoms. The van der Waals surface area contributed by atoms with Gasteiger partial charge in [-0.05, 0) is 25.5 Å². The molecule has 0 heterocycles. The smallest absolute Gasteiger partial charge is 0.153 e. The van der Waals surface area contributed by atoms with Gasteiger partial charge in [0.15, 0.2) is 6.29 Å². The highest BCUT2D eigenvalue weighted by Gasteiger charge is 2.18. The molecule has 0 amide bonds. The highest BCUT2D eigenvalue weighted by atomic mass is 32.2. The molecule has 182 valence electrons. The summed E-state index contributed by atoms with van der Waals surface area (Å²) in [6.07, 6.45) is 22.4. The molecule has 0 aliphatic heterocycles. The summed E-state index contributed by atoms with van der Waals surface area (Å²) in [7, 11) is 0. The highest BCUT2D eigenvalue weighted by molar-refractivity contribution is 7.99. The van der Waals surface area contributed by atoms with Crippen molar-refractivity contribution in [1.82, 2.24) is 0 Å². The number of hydrogen-bond donors (Lipinski definition) is 2. The van der Waals surface area contributed by atoms with E-state index in [1.165, 1.54) is 115 Å². The molecule has 0 saturated carbocycles. The van der Waals surface area contributed by atoms with Crippen LogP contribution in [0.25, 0.3) is 0 Å². The van der Waals surface area contributed by atoms with Crippen LogP contribution in [0.5, 0.6) is 0 Å². The van der Waals surface area contributed by atoms with Crippen LogP contribution < -0.4 is 0 Å². The Balaban J connectivity index is 3.84. The summed E-state index contributed by atoms with van der Waals surface area (Å²) in [6, 6.07) is 0. The van der Waals surface area contributed by atoms with Crippen LogP contribution in [-0.2, 0) is 4.74 Å². The molecule has 0 aliphatic rings. The van der Waals surface area contributed by atoms with Gasteiger partial charge in [-0.2, -0.15) is 11.8 Å². The topological polar surface area (TPSA) is 49.7 Å². The summed E-state index contributed by atoms with van der Waals surface area (Å²) in [5.74, 6) is 1.23. The molecule has 2 N–H and O–H groups in total. The van der Waals surface area contributed by atoms with Crippen LogP contribution in [0.2, 0.25) is 0 Å².